The van der Waals surface area contributed by atoms with Crippen molar-refractivity contribution >= 4 is 11.9 Å². The van der Waals surface area contributed by atoms with Crippen molar-refractivity contribution < 1.29 is 14.3 Å². The number of para-hydroxylation sites is 1. The number of fused-ring (bicyclic) bond motifs is 1. The van der Waals surface area contributed by atoms with Crippen LogP contribution < -0.4 is 15.8 Å². The number of primary amides is 1. The van der Waals surface area contributed by atoms with Crippen molar-refractivity contribution in [2.24, 2.45) is 17.6 Å². The van der Waals surface area contributed by atoms with E-state index in [1.165, 1.54) is 5.56 Å². The molecule has 3 N–H and O–H groups in total. The lowest BCUT2D eigenvalue weighted by Crippen LogP contribution is -2.47. The van der Waals surface area contributed by atoms with E-state index in [1.807, 2.05) is 18.2 Å². The Kier molecular flexibility index (Phi) is 4.69. The second-order valence-electron chi connectivity index (χ2n) is 6.34. The van der Waals surface area contributed by atoms with Crippen LogP contribution in [-0.2, 0) is 11.2 Å². The van der Waals surface area contributed by atoms with Crippen LogP contribution in [-0.4, -0.2) is 43.1 Å². The molecule has 1 aromatic rings. The summed E-state index contributed by atoms with van der Waals surface area (Å²) in [6, 6.07) is 7.96. The first-order valence-electron chi connectivity index (χ1n) is 8.16. The minimum Gasteiger partial charge on any atom is -0.493 e. The maximum atomic E-state index is 12.2. The van der Waals surface area contributed by atoms with Gasteiger partial charge in [0, 0.05) is 31.5 Å². The molecule has 124 valence electrons. The first-order chi connectivity index (χ1) is 11.1. The van der Waals surface area contributed by atoms with E-state index < -0.39 is 0 Å². The maximum Gasteiger partial charge on any atom is 0.317 e. The molecule has 1 atom stereocenters. The van der Waals surface area contributed by atoms with Crippen molar-refractivity contribution in [2.45, 2.75) is 19.3 Å². The van der Waals surface area contributed by atoms with Gasteiger partial charge in [-0.2, -0.15) is 0 Å². The highest BCUT2D eigenvalue weighted by molar-refractivity contribution is 5.78. The molecule has 0 saturated carbocycles. The van der Waals surface area contributed by atoms with Gasteiger partial charge in [0.2, 0.25) is 5.91 Å². The molecule has 3 amide bonds. The fourth-order valence-corrected chi connectivity index (χ4v) is 3.23. The summed E-state index contributed by atoms with van der Waals surface area (Å²) in [6.45, 7) is 2.40. The number of likely N-dealkylation sites (tertiary alicyclic amines) is 1. The number of piperidine rings is 1. The molecule has 23 heavy (non-hydrogen) atoms. The highest BCUT2D eigenvalue weighted by atomic mass is 16.5. The summed E-state index contributed by atoms with van der Waals surface area (Å²) < 4.78 is 5.74. The van der Waals surface area contributed by atoms with Gasteiger partial charge in [-0.3, -0.25) is 4.79 Å². The van der Waals surface area contributed by atoms with Crippen molar-refractivity contribution in [3.05, 3.63) is 29.8 Å². The third-order valence-electron chi connectivity index (χ3n) is 4.68. The van der Waals surface area contributed by atoms with E-state index in [9.17, 15) is 9.59 Å². The third kappa shape index (κ3) is 3.75. The number of amides is 3. The molecule has 3 rings (SSSR count). The Morgan fingerprint density at radius 2 is 2.00 bits per heavy atom. The van der Waals surface area contributed by atoms with Gasteiger partial charge in [-0.15, -0.1) is 0 Å². The lowest BCUT2D eigenvalue weighted by Gasteiger charge is -2.31. The number of carbonyl (C=O) groups excluding carboxylic acids is 2. The van der Waals surface area contributed by atoms with E-state index in [0.717, 1.165) is 12.2 Å². The molecule has 6 nitrogen and oxygen atoms in total. The number of nitrogens with one attached hydrogen (secondary N) is 1. The van der Waals surface area contributed by atoms with Gasteiger partial charge in [0.25, 0.3) is 0 Å². The topological polar surface area (TPSA) is 84.7 Å². The maximum absolute atomic E-state index is 12.2. The predicted molar refractivity (Wildman–Crippen MR) is 86.0 cm³/mol. The second kappa shape index (κ2) is 6.89. The number of ether oxygens (including phenoxy) is 1. The van der Waals surface area contributed by atoms with Gasteiger partial charge >= 0.3 is 6.03 Å². The van der Waals surface area contributed by atoms with Gasteiger partial charge in [0.15, 0.2) is 0 Å². The minimum absolute atomic E-state index is 0.0632. The van der Waals surface area contributed by atoms with E-state index in [1.54, 1.807) is 4.90 Å². The fraction of sp³-hybridized carbons (Fsp3) is 0.529. The van der Waals surface area contributed by atoms with Gasteiger partial charge in [-0.25, -0.2) is 4.79 Å². The Morgan fingerprint density at radius 1 is 1.26 bits per heavy atom. The first kappa shape index (κ1) is 15.6. The summed E-state index contributed by atoms with van der Waals surface area (Å²) in [7, 11) is 0. The van der Waals surface area contributed by atoms with Crippen LogP contribution in [0.1, 0.15) is 18.4 Å². The number of urea groups is 1. The molecule has 2 aliphatic rings. The quantitative estimate of drug-likeness (QED) is 0.877. The first-order valence-corrected chi connectivity index (χ1v) is 8.16. The SMILES string of the molecule is NC(=O)C1CCN(C(=O)NCC2COc3ccccc3C2)CC1. The van der Waals surface area contributed by atoms with E-state index in [-0.39, 0.29) is 23.8 Å². The number of rotatable bonds is 3. The summed E-state index contributed by atoms with van der Waals surface area (Å²) in [6.07, 6.45) is 2.23. The van der Waals surface area contributed by atoms with Crippen LogP contribution in [0.15, 0.2) is 24.3 Å². The highest BCUT2D eigenvalue weighted by Gasteiger charge is 2.26. The average molecular weight is 317 g/mol. The number of carbonyl (C=O) groups is 2. The van der Waals surface area contributed by atoms with Crippen LogP contribution in [0.25, 0.3) is 0 Å². The zero-order valence-corrected chi connectivity index (χ0v) is 13.2. The molecule has 0 aliphatic carbocycles. The number of hydrogen-bond donors (Lipinski definition) is 2. The summed E-state index contributed by atoms with van der Waals surface area (Å²) in [5.41, 5.74) is 6.51. The van der Waals surface area contributed by atoms with Crippen LogP contribution in [0.4, 0.5) is 4.79 Å². The van der Waals surface area contributed by atoms with Gasteiger partial charge in [0.05, 0.1) is 6.61 Å². The zero-order valence-electron chi connectivity index (χ0n) is 13.2. The fourth-order valence-electron chi connectivity index (χ4n) is 3.23. The molecule has 1 aromatic carbocycles. The Labute approximate surface area is 136 Å². The molecule has 6 heteroatoms. The lowest BCUT2D eigenvalue weighted by molar-refractivity contribution is -0.123. The molecule has 2 heterocycles. The van der Waals surface area contributed by atoms with Crippen LogP contribution >= 0.6 is 0 Å². The smallest absolute Gasteiger partial charge is 0.317 e. The van der Waals surface area contributed by atoms with Crippen molar-refractivity contribution in [2.75, 3.05) is 26.2 Å². The number of nitrogens with zero attached hydrogens (tertiary/aromatic N) is 1. The molecular formula is C17H23N3O3. The van der Waals surface area contributed by atoms with E-state index in [0.29, 0.717) is 39.1 Å². The Morgan fingerprint density at radius 3 is 2.74 bits per heavy atom. The molecule has 1 fully saturated rings. The standard InChI is InChI=1S/C17H23N3O3/c18-16(21)13-5-7-20(8-6-13)17(22)19-10-12-9-14-3-1-2-4-15(14)23-11-12/h1-4,12-13H,5-11H2,(H2,18,21)(H,19,22). The van der Waals surface area contributed by atoms with E-state index >= 15 is 0 Å². The Bertz CT molecular complexity index is 582. The van der Waals surface area contributed by atoms with Crippen molar-refractivity contribution in [3.8, 4) is 5.75 Å². The van der Waals surface area contributed by atoms with Crippen LogP contribution in [0.2, 0.25) is 0 Å². The van der Waals surface area contributed by atoms with Gasteiger partial charge in [0.1, 0.15) is 5.75 Å². The van der Waals surface area contributed by atoms with Crippen LogP contribution in [0.3, 0.4) is 0 Å². The van der Waals surface area contributed by atoms with E-state index in [4.69, 9.17) is 10.5 Å². The third-order valence-corrected chi connectivity index (χ3v) is 4.68. The van der Waals surface area contributed by atoms with Gasteiger partial charge in [-0.05, 0) is 30.9 Å². The lowest BCUT2D eigenvalue weighted by atomic mass is 9.96. The molecule has 0 aromatic heterocycles. The minimum atomic E-state index is -0.261. The number of benzene rings is 1. The molecule has 0 spiro atoms. The predicted octanol–water partition coefficient (Wildman–Crippen LogP) is 1.14. The zero-order chi connectivity index (χ0) is 16.2. The summed E-state index contributed by atoms with van der Waals surface area (Å²) in [5.74, 6) is 0.881. The van der Waals surface area contributed by atoms with Crippen molar-refractivity contribution in [3.63, 3.8) is 0 Å². The molecule has 2 aliphatic heterocycles. The van der Waals surface area contributed by atoms with Gasteiger partial charge < -0.3 is 20.7 Å². The Hall–Kier alpha value is -2.24. The van der Waals surface area contributed by atoms with Crippen LogP contribution in [0.5, 0.6) is 5.75 Å². The summed E-state index contributed by atoms with van der Waals surface area (Å²) in [4.78, 5) is 25.1. The largest absolute Gasteiger partial charge is 0.493 e. The Balaban J connectivity index is 1.44. The molecule has 0 bridgehead atoms. The van der Waals surface area contributed by atoms with Crippen molar-refractivity contribution in [1.29, 1.82) is 0 Å². The van der Waals surface area contributed by atoms with Gasteiger partial charge in [-0.1, -0.05) is 18.2 Å². The normalized spacial score (nSPS) is 21.2. The molecular weight excluding hydrogens is 294 g/mol. The number of hydrogen-bond acceptors (Lipinski definition) is 3. The average Bonchev–Trinajstić information content (AvgIpc) is 2.59. The number of nitrogens with two attached hydrogens (primary N) is 1. The summed E-state index contributed by atoms with van der Waals surface area (Å²) in [5, 5.41) is 2.99. The second-order valence-corrected chi connectivity index (χ2v) is 6.34. The van der Waals surface area contributed by atoms with Crippen molar-refractivity contribution in [1.82, 2.24) is 10.2 Å². The highest BCUT2D eigenvalue weighted by Crippen LogP contribution is 2.26. The molecule has 1 saturated heterocycles. The van der Waals surface area contributed by atoms with E-state index in [2.05, 4.69) is 11.4 Å². The van der Waals surface area contributed by atoms with Crippen LogP contribution in [0, 0.1) is 11.8 Å². The molecule has 0 radical (unpaired) electrons. The summed E-state index contributed by atoms with van der Waals surface area (Å²) >= 11 is 0. The monoisotopic (exact) mass is 317 g/mol. The molecule has 1 unspecified atom stereocenters.